The van der Waals surface area contributed by atoms with Crippen molar-refractivity contribution in [3.8, 4) is 17.2 Å². The Kier molecular flexibility index (Phi) is 4.52. The van der Waals surface area contributed by atoms with Gasteiger partial charge >= 0.3 is 12.1 Å². The van der Waals surface area contributed by atoms with E-state index < -0.39 is 17.5 Å². The Balaban J connectivity index is 1.44. The summed E-state index contributed by atoms with van der Waals surface area (Å²) in [6.45, 7) is 0.638. The fourth-order valence-electron chi connectivity index (χ4n) is 4.13. The zero-order valence-corrected chi connectivity index (χ0v) is 15.3. The van der Waals surface area contributed by atoms with Crippen LogP contribution in [0.25, 0.3) is 11.1 Å². The number of piperidine rings is 1. The van der Waals surface area contributed by atoms with E-state index in [1.807, 2.05) is 30.3 Å². The van der Waals surface area contributed by atoms with Crippen molar-refractivity contribution in [1.82, 2.24) is 4.90 Å². The number of hydrogen-bond acceptors (Lipinski definition) is 4. The molecule has 4 rings (SSSR count). The number of carboxylic acids is 1. The van der Waals surface area contributed by atoms with Crippen LogP contribution in [0, 0.1) is 16.7 Å². The van der Waals surface area contributed by atoms with Crippen LogP contribution in [0.1, 0.15) is 29.9 Å². The van der Waals surface area contributed by atoms with E-state index in [1.54, 1.807) is 0 Å². The Morgan fingerprint density at radius 2 is 1.61 bits per heavy atom. The standard InChI is InChI=1S/C22H20N2O4/c23-14-22(20(25)26)9-11-24(12-10-22)21(27)28-13-19-17-7-3-1-5-15(17)16-6-2-4-8-18(16)19/h1-8,19H,9-13H2,(H,25,26). The van der Waals surface area contributed by atoms with Gasteiger partial charge < -0.3 is 14.7 Å². The lowest BCUT2D eigenvalue weighted by molar-refractivity contribution is -0.147. The summed E-state index contributed by atoms with van der Waals surface area (Å²) < 4.78 is 5.60. The zero-order chi connectivity index (χ0) is 19.7. The van der Waals surface area contributed by atoms with Gasteiger partial charge in [-0.05, 0) is 35.1 Å². The zero-order valence-electron chi connectivity index (χ0n) is 15.3. The minimum absolute atomic E-state index is 0.0154. The van der Waals surface area contributed by atoms with Crippen LogP contribution in [-0.2, 0) is 9.53 Å². The van der Waals surface area contributed by atoms with E-state index in [1.165, 1.54) is 4.90 Å². The Hall–Kier alpha value is -3.33. The minimum Gasteiger partial charge on any atom is -0.480 e. The Labute approximate surface area is 163 Å². The van der Waals surface area contributed by atoms with Crippen molar-refractivity contribution in [3.63, 3.8) is 0 Å². The number of nitriles is 1. The number of hydrogen-bond donors (Lipinski definition) is 1. The highest BCUT2D eigenvalue weighted by molar-refractivity contribution is 5.80. The van der Waals surface area contributed by atoms with Gasteiger partial charge in [-0.1, -0.05) is 48.5 Å². The molecular weight excluding hydrogens is 356 g/mol. The molecule has 1 amide bonds. The fraction of sp³-hybridized carbons (Fsp3) is 0.318. The van der Waals surface area contributed by atoms with Crippen molar-refractivity contribution in [2.75, 3.05) is 19.7 Å². The number of ether oxygens (including phenoxy) is 1. The molecule has 1 saturated heterocycles. The molecule has 0 aromatic heterocycles. The maximum Gasteiger partial charge on any atom is 0.409 e. The smallest absolute Gasteiger partial charge is 0.409 e. The topological polar surface area (TPSA) is 90.6 Å². The molecule has 2 aliphatic rings. The highest BCUT2D eigenvalue weighted by atomic mass is 16.6. The average Bonchev–Trinajstić information content (AvgIpc) is 3.06. The molecule has 1 fully saturated rings. The molecule has 2 aromatic rings. The summed E-state index contributed by atoms with van der Waals surface area (Å²) in [5.41, 5.74) is 3.21. The third-order valence-electron chi connectivity index (χ3n) is 5.83. The van der Waals surface area contributed by atoms with Crippen LogP contribution in [0.4, 0.5) is 4.79 Å². The quantitative estimate of drug-likeness (QED) is 0.883. The summed E-state index contributed by atoms with van der Waals surface area (Å²) in [5.74, 6) is -1.14. The summed E-state index contributed by atoms with van der Waals surface area (Å²) in [6, 6.07) is 18.1. The van der Waals surface area contributed by atoms with Gasteiger partial charge in [-0.2, -0.15) is 5.26 Å². The minimum atomic E-state index is -1.40. The first-order valence-electron chi connectivity index (χ1n) is 9.30. The second-order valence-electron chi connectivity index (χ2n) is 7.29. The number of carbonyl (C=O) groups is 2. The number of nitrogens with zero attached hydrogens (tertiary/aromatic N) is 2. The molecule has 0 unspecified atom stereocenters. The molecule has 0 bridgehead atoms. The van der Waals surface area contributed by atoms with Crippen LogP contribution in [-0.4, -0.2) is 41.8 Å². The van der Waals surface area contributed by atoms with Gasteiger partial charge in [0, 0.05) is 19.0 Å². The number of benzene rings is 2. The molecule has 0 atom stereocenters. The molecular formula is C22H20N2O4. The Bertz CT molecular complexity index is 925. The van der Waals surface area contributed by atoms with Gasteiger partial charge in [0.25, 0.3) is 0 Å². The number of carboxylic acid groups (broad SMARTS) is 1. The van der Waals surface area contributed by atoms with E-state index in [0.29, 0.717) is 0 Å². The third-order valence-corrected chi connectivity index (χ3v) is 5.83. The second-order valence-corrected chi connectivity index (χ2v) is 7.29. The summed E-state index contributed by atoms with van der Waals surface area (Å²) in [6.07, 6.45) is -0.231. The molecule has 1 N–H and O–H groups in total. The molecule has 28 heavy (non-hydrogen) atoms. The van der Waals surface area contributed by atoms with Crippen LogP contribution in [0.15, 0.2) is 48.5 Å². The normalized spacial score (nSPS) is 17.3. The van der Waals surface area contributed by atoms with Gasteiger partial charge in [0.1, 0.15) is 6.61 Å². The van der Waals surface area contributed by atoms with E-state index in [4.69, 9.17) is 4.74 Å². The van der Waals surface area contributed by atoms with Crippen molar-refractivity contribution in [2.45, 2.75) is 18.8 Å². The van der Waals surface area contributed by atoms with Crippen molar-refractivity contribution in [1.29, 1.82) is 5.26 Å². The van der Waals surface area contributed by atoms with Crippen LogP contribution < -0.4 is 0 Å². The second kappa shape index (κ2) is 7.01. The highest BCUT2D eigenvalue weighted by Gasteiger charge is 2.43. The first-order chi connectivity index (χ1) is 13.6. The van der Waals surface area contributed by atoms with E-state index in [9.17, 15) is 20.0 Å². The first-order valence-corrected chi connectivity index (χ1v) is 9.30. The maximum atomic E-state index is 12.5. The van der Waals surface area contributed by atoms with Crippen molar-refractivity contribution < 1.29 is 19.4 Å². The Morgan fingerprint density at radius 3 is 2.11 bits per heavy atom. The number of likely N-dealkylation sites (tertiary alicyclic amines) is 1. The molecule has 0 radical (unpaired) electrons. The lowest BCUT2D eigenvalue weighted by atomic mass is 9.80. The van der Waals surface area contributed by atoms with Crippen LogP contribution in [0.5, 0.6) is 0 Å². The maximum absolute atomic E-state index is 12.5. The van der Waals surface area contributed by atoms with Crippen LogP contribution >= 0.6 is 0 Å². The molecule has 1 aliphatic heterocycles. The summed E-state index contributed by atoms with van der Waals surface area (Å²) >= 11 is 0. The predicted octanol–water partition coefficient (Wildman–Crippen LogP) is 3.63. The van der Waals surface area contributed by atoms with E-state index in [0.717, 1.165) is 22.3 Å². The molecule has 0 spiro atoms. The number of amides is 1. The first kappa shape index (κ1) is 18.1. The average molecular weight is 376 g/mol. The SMILES string of the molecule is N#CC1(C(=O)O)CCN(C(=O)OCC2c3ccccc3-c3ccccc32)CC1. The van der Waals surface area contributed by atoms with Gasteiger partial charge in [0.05, 0.1) is 6.07 Å². The Morgan fingerprint density at radius 1 is 1.07 bits per heavy atom. The van der Waals surface area contributed by atoms with Crippen molar-refractivity contribution in [2.24, 2.45) is 5.41 Å². The number of carbonyl (C=O) groups excluding carboxylic acids is 1. The molecule has 0 saturated carbocycles. The van der Waals surface area contributed by atoms with E-state index >= 15 is 0 Å². The predicted molar refractivity (Wildman–Crippen MR) is 102 cm³/mol. The van der Waals surface area contributed by atoms with Gasteiger partial charge in [-0.15, -0.1) is 0 Å². The number of rotatable bonds is 3. The summed E-state index contributed by atoms with van der Waals surface area (Å²) in [5, 5.41) is 18.5. The lowest BCUT2D eigenvalue weighted by Crippen LogP contribution is -2.46. The van der Waals surface area contributed by atoms with Crippen molar-refractivity contribution in [3.05, 3.63) is 59.7 Å². The number of fused-ring (bicyclic) bond motifs is 3. The fourth-order valence-corrected chi connectivity index (χ4v) is 4.13. The van der Waals surface area contributed by atoms with E-state index in [2.05, 4.69) is 24.3 Å². The highest BCUT2D eigenvalue weighted by Crippen LogP contribution is 2.44. The molecule has 6 nitrogen and oxygen atoms in total. The van der Waals surface area contributed by atoms with Gasteiger partial charge in [0.15, 0.2) is 5.41 Å². The largest absolute Gasteiger partial charge is 0.480 e. The van der Waals surface area contributed by atoms with Crippen LogP contribution in [0.3, 0.4) is 0 Å². The molecule has 1 aliphatic carbocycles. The van der Waals surface area contributed by atoms with Crippen molar-refractivity contribution >= 4 is 12.1 Å². The van der Waals surface area contributed by atoms with Gasteiger partial charge in [0.2, 0.25) is 0 Å². The van der Waals surface area contributed by atoms with Crippen LogP contribution in [0.2, 0.25) is 0 Å². The van der Waals surface area contributed by atoms with Gasteiger partial charge in [-0.25, -0.2) is 4.79 Å². The summed E-state index contributed by atoms with van der Waals surface area (Å²) in [4.78, 5) is 25.4. The third kappa shape index (κ3) is 2.89. The molecule has 2 aromatic carbocycles. The monoisotopic (exact) mass is 376 g/mol. The lowest BCUT2D eigenvalue weighted by Gasteiger charge is -2.34. The van der Waals surface area contributed by atoms with E-state index in [-0.39, 0.29) is 38.5 Å². The molecule has 1 heterocycles. The summed E-state index contributed by atoms with van der Waals surface area (Å²) in [7, 11) is 0. The molecule has 6 heteroatoms. The van der Waals surface area contributed by atoms with Gasteiger partial charge in [-0.3, -0.25) is 4.79 Å². The molecule has 142 valence electrons. The number of aliphatic carboxylic acids is 1.